The molecule has 0 aliphatic carbocycles. The molecule has 0 fully saturated rings. The van der Waals surface area contributed by atoms with Crippen LogP contribution in [-0.2, 0) is 0 Å². The van der Waals surface area contributed by atoms with Gasteiger partial charge in [-0.15, -0.1) is 0 Å². The van der Waals surface area contributed by atoms with Crippen LogP contribution >= 0.6 is 0 Å². The summed E-state index contributed by atoms with van der Waals surface area (Å²) in [5, 5.41) is 0. The second-order valence-corrected chi connectivity index (χ2v) is 0.781. The van der Waals surface area contributed by atoms with Crippen LogP contribution in [0, 0.1) is 0 Å². The fourth-order valence-electron chi connectivity index (χ4n) is 0.133. The summed E-state index contributed by atoms with van der Waals surface area (Å²) >= 11 is 0. The predicted molar refractivity (Wildman–Crippen MR) is 51.3 cm³/mol. The van der Waals surface area contributed by atoms with Crippen molar-refractivity contribution in [2.24, 2.45) is 9.98 Å². The summed E-state index contributed by atoms with van der Waals surface area (Å²) in [5.74, 6) is 0. The molecule has 0 unspecified atom stereocenters. The highest BCUT2D eigenvalue weighted by atomic mass is 14.8. The molecule has 0 N–H and O–H groups in total. The molecule has 0 rings (SSSR count). The largest absolute Gasteiger partial charge is 0.277 e. The third-order valence-corrected chi connectivity index (χ3v) is 0.331. The van der Waals surface area contributed by atoms with Gasteiger partial charge in [-0.05, 0) is 6.92 Å². The van der Waals surface area contributed by atoms with E-state index in [0.29, 0.717) is 0 Å². The maximum atomic E-state index is 3.67. The van der Waals surface area contributed by atoms with Crippen molar-refractivity contribution in [3.63, 3.8) is 0 Å². The Morgan fingerprint density at radius 2 is 1.40 bits per heavy atom. The Hall–Kier alpha value is -0.660. The SMILES string of the molecule is CC.CC.CC=NC=NC. The van der Waals surface area contributed by atoms with E-state index in [4.69, 9.17) is 0 Å². The molecule has 0 aromatic heterocycles. The van der Waals surface area contributed by atoms with Gasteiger partial charge in [-0.3, -0.25) is 9.98 Å². The maximum absolute atomic E-state index is 3.67. The standard InChI is InChI=1S/C4H8N2.2C2H6/c1-3-6-4-5-2;2*1-2/h3-4H,1-2H3;2*1-2H3. The van der Waals surface area contributed by atoms with E-state index in [-0.39, 0.29) is 0 Å². The molecule has 2 nitrogen and oxygen atoms in total. The Labute approximate surface area is 65.1 Å². The summed E-state index contributed by atoms with van der Waals surface area (Å²) in [6.07, 6.45) is 3.19. The van der Waals surface area contributed by atoms with Crippen LogP contribution in [0.15, 0.2) is 9.98 Å². The summed E-state index contributed by atoms with van der Waals surface area (Å²) in [6.45, 7) is 9.85. The van der Waals surface area contributed by atoms with Crippen LogP contribution in [-0.4, -0.2) is 19.6 Å². The summed E-state index contributed by atoms with van der Waals surface area (Å²) in [5.41, 5.74) is 0. The van der Waals surface area contributed by atoms with Gasteiger partial charge in [-0.2, -0.15) is 0 Å². The molecular formula is C8H20N2. The Kier molecular flexibility index (Phi) is 65.1. The minimum atomic E-state index is 1.50. The van der Waals surface area contributed by atoms with Crippen LogP contribution in [0.2, 0.25) is 0 Å². The monoisotopic (exact) mass is 144 g/mol. The Bertz CT molecular complexity index is 55.7. The summed E-state index contributed by atoms with van der Waals surface area (Å²) in [7, 11) is 1.69. The number of hydrogen-bond acceptors (Lipinski definition) is 1. The normalized spacial score (nSPS) is 8.20. The second-order valence-electron chi connectivity index (χ2n) is 0.781. The van der Waals surface area contributed by atoms with Crippen LogP contribution in [0.5, 0.6) is 0 Å². The van der Waals surface area contributed by atoms with Crippen LogP contribution in [0.4, 0.5) is 0 Å². The first-order chi connectivity index (χ1) is 4.91. The zero-order valence-corrected chi connectivity index (χ0v) is 8.05. The van der Waals surface area contributed by atoms with Crippen LogP contribution in [0.1, 0.15) is 34.6 Å². The van der Waals surface area contributed by atoms with Crippen molar-refractivity contribution in [2.45, 2.75) is 34.6 Å². The quantitative estimate of drug-likeness (QED) is 0.399. The highest BCUT2D eigenvalue weighted by Crippen LogP contribution is 1.53. The van der Waals surface area contributed by atoms with Gasteiger partial charge < -0.3 is 0 Å². The van der Waals surface area contributed by atoms with E-state index in [1.807, 2.05) is 34.6 Å². The molecule has 0 aliphatic rings. The number of aliphatic imine (C=N–C) groups is 2. The van der Waals surface area contributed by atoms with Crippen LogP contribution < -0.4 is 0 Å². The van der Waals surface area contributed by atoms with Gasteiger partial charge in [-0.1, -0.05) is 27.7 Å². The number of rotatable bonds is 1. The van der Waals surface area contributed by atoms with Gasteiger partial charge in [0.05, 0.1) is 0 Å². The number of nitrogens with zero attached hydrogens (tertiary/aromatic N) is 2. The molecular weight excluding hydrogens is 124 g/mol. The molecule has 62 valence electrons. The van der Waals surface area contributed by atoms with Crippen LogP contribution in [0.25, 0.3) is 0 Å². The van der Waals surface area contributed by atoms with Gasteiger partial charge in [0.25, 0.3) is 0 Å². The summed E-state index contributed by atoms with van der Waals surface area (Å²) in [6, 6.07) is 0. The third-order valence-electron chi connectivity index (χ3n) is 0.331. The Morgan fingerprint density at radius 3 is 1.50 bits per heavy atom. The molecule has 2 heteroatoms. The lowest BCUT2D eigenvalue weighted by Crippen LogP contribution is -1.61. The Morgan fingerprint density at radius 1 is 1.00 bits per heavy atom. The summed E-state index contributed by atoms with van der Waals surface area (Å²) in [4.78, 5) is 7.28. The molecule has 0 aromatic carbocycles. The van der Waals surface area contributed by atoms with Gasteiger partial charge in [0.1, 0.15) is 6.34 Å². The van der Waals surface area contributed by atoms with Gasteiger partial charge in [-0.25, -0.2) is 0 Å². The predicted octanol–water partition coefficient (Wildman–Crippen LogP) is 2.79. The molecule has 0 amide bonds. The zero-order valence-electron chi connectivity index (χ0n) is 8.05. The van der Waals surface area contributed by atoms with E-state index in [0.717, 1.165) is 0 Å². The first-order valence-electron chi connectivity index (χ1n) is 3.80. The average molecular weight is 144 g/mol. The lowest BCUT2D eigenvalue weighted by atomic mass is 10.9. The van der Waals surface area contributed by atoms with Crippen LogP contribution in [0.3, 0.4) is 0 Å². The van der Waals surface area contributed by atoms with Crippen molar-refractivity contribution in [3.8, 4) is 0 Å². The molecule has 0 radical (unpaired) electrons. The molecule has 0 bridgehead atoms. The minimum absolute atomic E-state index is 1.50. The molecule has 0 aromatic rings. The van der Waals surface area contributed by atoms with Gasteiger partial charge in [0.2, 0.25) is 0 Å². The topological polar surface area (TPSA) is 24.7 Å². The fourth-order valence-corrected chi connectivity index (χ4v) is 0.133. The highest BCUT2D eigenvalue weighted by Gasteiger charge is 1.48. The van der Waals surface area contributed by atoms with Crippen molar-refractivity contribution in [1.29, 1.82) is 0 Å². The first-order valence-corrected chi connectivity index (χ1v) is 3.80. The maximum Gasteiger partial charge on any atom is 0.109 e. The van der Waals surface area contributed by atoms with Gasteiger partial charge >= 0.3 is 0 Å². The molecule has 0 atom stereocenters. The highest BCUT2D eigenvalue weighted by molar-refractivity contribution is 5.70. The van der Waals surface area contributed by atoms with Crippen molar-refractivity contribution in [1.82, 2.24) is 0 Å². The molecule has 0 saturated carbocycles. The molecule has 0 aliphatic heterocycles. The van der Waals surface area contributed by atoms with E-state index in [9.17, 15) is 0 Å². The molecule has 0 saturated heterocycles. The van der Waals surface area contributed by atoms with Gasteiger partial charge in [0.15, 0.2) is 0 Å². The first kappa shape index (κ1) is 16.2. The lowest BCUT2D eigenvalue weighted by Gasteiger charge is -1.64. The molecule has 0 spiro atoms. The van der Waals surface area contributed by atoms with E-state index in [2.05, 4.69) is 9.98 Å². The number of hydrogen-bond donors (Lipinski definition) is 0. The third kappa shape index (κ3) is 53.9. The average Bonchev–Trinajstić information content (AvgIpc) is 2.08. The van der Waals surface area contributed by atoms with Gasteiger partial charge in [0, 0.05) is 13.3 Å². The van der Waals surface area contributed by atoms with Crippen molar-refractivity contribution < 1.29 is 0 Å². The fraction of sp³-hybridized carbons (Fsp3) is 0.750. The second kappa shape index (κ2) is 40.3. The summed E-state index contributed by atoms with van der Waals surface area (Å²) < 4.78 is 0. The zero-order chi connectivity index (χ0) is 8.83. The van der Waals surface area contributed by atoms with E-state index < -0.39 is 0 Å². The lowest BCUT2D eigenvalue weighted by molar-refractivity contribution is 1.45. The molecule has 0 heterocycles. The van der Waals surface area contributed by atoms with E-state index in [1.165, 1.54) is 6.34 Å². The smallest absolute Gasteiger partial charge is 0.109 e. The Balaban J connectivity index is -0.000000105. The van der Waals surface area contributed by atoms with E-state index >= 15 is 0 Å². The minimum Gasteiger partial charge on any atom is -0.277 e. The van der Waals surface area contributed by atoms with Crippen molar-refractivity contribution in [3.05, 3.63) is 0 Å². The van der Waals surface area contributed by atoms with Crippen molar-refractivity contribution in [2.75, 3.05) is 7.05 Å². The van der Waals surface area contributed by atoms with E-state index in [1.54, 1.807) is 13.3 Å². The van der Waals surface area contributed by atoms with Crippen molar-refractivity contribution >= 4 is 12.6 Å². The molecule has 10 heavy (non-hydrogen) atoms.